The van der Waals surface area contributed by atoms with E-state index in [9.17, 15) is 14.0 Å². The number of hydrogen-bond acceptors (Lipinski definition) is 3. The van der Waals surface area contributed by atoms with Gasteiger partial charge in [-0.1, -0.05) is 41.9 Å². The van der Waals surface area contributed by atoms with Crippen molar-refractivity contribution >= 4 is 39.9 Å². The van der Waals surface area contributed by atoms with E-state index < -0.39 is 23.8 Å². The van der Waals surface area contributed by atoms with Gasteiger partial charge in [-0.05, 0) is 48.0 Å². The average molecular weight is 372 g/mol. The van der Waals surface area contributed by atoms with Gasteiger partial charge in [-0.25, -0.2) is 9.18 Å². The van der Waals surface area contributed by atoms with Crippen molar-refractivity contribution in [2.45, 2.75) is 13.0 Å². The third-order valence-corrected chi connectivity index (χ3v) is 4.14. The Morgan fingerprint density at radius 3 is 2.50 bits per heavy atom. The normalized spacial score (nSPS) is 11.8. The molecule has 3 aromatic carbocycles. The lowest BCUT2D eigenvalue weighted by molar-refractivity contribution is -0.123. The first kappa shape index (κ1) is 17.9. The van der Waals surface area contributed by atoms with Crippen molar-refractivity contribution in [3.05, 3.63) is 77.1 Å². The molecule has 0 aliphatic carbocycles. The van der Waals surface area contributed by atoms with Gasteiger partial charge < -0.3 is 10.1 Å². The zero-order valence-electron chi connectivity index (χ0n) is 13.8. The largest absolute Gasteiger partial charge is 0.449 e. The summed E-state index contributed by atoms with van der Waals surface area (Å²) >= 11 is 5.87. The Morgan fingerprint density at radius 1 is 1.04 bits per heavy atom. The van der Waals surface area contributed by atoms with E-state index in [-0.39, 0.29) is 10.7 Å². The smallest absolute Gasteiger partial charge is 0.338 e. The van der Waals surface area contributed by atoms with Gasteiger partial charge in [-0.3, -0.25) is 4.79 Å². The lowest BCUT2D eigenvalue weighted by Gasteiger charge is -2.14. The second-order valence-corrected chi connectivity index (χ2v) is 6.13. The minimum absolute atomic E-state index is 0.0615. The second kappa shape index (κ2) is 7.54. The van der Waals surface area contributed by atoms with E-state index in [0.29, 0.717) is 5.56 Å². The lowest BCUT2D eigenvalue weighted by atomic mass is 10.1. The van der Waals surface area contributed by atoms with Gasteiger partial charge in [-0.2, -0.15) is 0 Å². The van der Waals surface area contributed by atoms with Gasteiger partial charge in [0, 0.05) is 0 Å². The molecule has 0 aliphatic rings. The molecule has 1 atom stereocenters. The number of rotatable bonds is 4. The van der Waals surface area contributed by atoms with Crippen molar-refractivity contribution in [2.24, 2.45) is 0 Å². The van der Waals surface area contributed by atoms with E-state index in [0.717, 1.165) is 16.8 Å². The van der Waals surface area contributed by atoms with Crippen LogP contribution >= 0.6 is 11.6 Å². The van der Waals surface area contributed by atoms with Crippen LogP contribution in [0.2, 0.25) is 5.02 Å². The lowest BCUT2D eigenvalue weighted by Crippen LogP contribution is -2.30. The van der Waals surface area contributed by atoms with Gasteiger partial charge >= 0.3 is 5.97 Å². The van der Waals surface area contributed by atoms with Crippen LogP contribution in [0.4, 0.5) is 10.1 Å². The van der Waals surface area contributed by atoms with Crippen molar-refractivity contribution in [3.63, 3.8) is 0 Å². The molecule has 3 aromatic rings. The summed E-state index contributed by atoms with van der Waals surface area (Å²) in [6.45, 7) is 1.45. The van der Waals surface area contributed by atoms with Crippen LogP contribution in [-0.4, -0.2) is 18.0 Å². The van der Waals surface area contributed by atoms with Gasteiger partial charge in [0.25, 0.3) is 5.91 Å². The molecule has 3 rings (SSSR count). The Bertz CT molecular complexity index is 990. The molecule has 132 valence electrons. The SMILES string of the molecule is C[C@@H](OC(=O)c1ccc2ccccc2c1)C(=O)Nc1ccc(F)cc1Cl. The van der Waals surface area contributed by atoms with E-state index in [1.54, 1.807) is 12.1 Å². The van der Waals surface area contributed by atoms with Crippen LogP contribution < -0.4 is 5.32 Å². The quantitative estimate of drug-likeness (QED) is 0.669. The van der Waals surface area contributed by atoms with Crippen LogP contribution in [0.15, 0.2) is 60.7 Å². The van der Waals surface area contributed by atoms with Crippen LogP contribution in [0.3, 0.4) is 0 Å². The number of ether oxygens (including phenoxy) is 1. The summed E-state index contributed by atoms with van der Waals surface area (Å²) in [6, 6.07) is 16.4. The molecule has 0 aliphatic heterocycles. The first-order valence-corrected chi connectivity index (χ1v) is 8.27. The highest BCUT2D eigenvalue weighted by atomic mass is 35.5. The third kappa shape index (κ3) is 4.00. The monoisotopic (exact) mass is 371 g/mol. The summed E-state index contributed by atoms with van der Waals surface area (Å²) in [6.07, 6.45) is -1.05. The molecule has 0 heterocycles. The molecule has 4 nitrogen and oxygen atoms in total. The minimum Gasteiger partial charge on any atom is -0.449 e. The number of benzene rings is 3. The predicted octanol–water partition coefficient (Wildman–Crippen LogP) is 4.82. The number of carbonyl (C=O) groups excluding carboxylic acids is 2. The number of anilines is 1. The second-order valence-electron chi connectivity index (χ2n) is 5.72. The van der Waals surface area contributed by atoms with Gasteiger partial charge in [-0.15, -0.1) is 0 Å². The molecular weight excluding hydrogens is 357 g/mol. The predicted molar refractivity (Wildman–Crippen MR) is 98.9 cm³/mol. The molecule has 0 saturated heterocycles. The molecule has 0 aromatic heterocycles. The fourth-order valence-electron chi connectivity index (χ4n) is 2.42. The van der Waals surface area contributed by atoms with E-state index in [1.165, 1.54) is 19.1 Å². The van der Waals surface area contributed by atoms with Crippen LogP contribution in [0.5, 0.6) is 0 Å². The van der Waals surface area contributed by atoms with Crippen molar-refractivity contribution in [1.29, 1.82) is 0 Å². The maximum Gasteiger partial charge on any atom is 0.338 e. The number of fused-ring (bicyclic) bond motifs is 1. The van der Waals surface area contributed by atoms with Gasteiger partial charge in [0.2, 0.25) is 0 Å². The summed E-state index contributed by atoms with van der Waals surface area (Å²) in [5, 5.41) is 4.47. The van der Waals surface area contributed by atoms with Crippen LogP contribution in [-0.2, 0) is 9.53 Å². The summed E-state index contributed by atoms with van der Waals surface area (Å²) in [7, 11) is 0. The number of amides is 1. The highest BCUT2D eigenvalue weighted by Crippen LogP contribution is 2.23. The molecule has 0 bridgehead atoms. The number of hydrogen-bond donors (Lipinski definition) is 1. The van der Waals surface area contributed by atoms with E-state index in [2.05, 4.69) is 5.32 Å². The summed E-state index contributed by atoms with van der Waals surface area (Å²) in [5.74, 6) is -1.68. The molecule has 1 amide bonds. The van der Waals surface area contributed by atoms with Crippen molar-refractivity contribution in [2.75, 3.05) is 5.32 Å². The van der Waals surface area contributed by atoms with Crippen molar-refractivity contribution < 1.29 is 18.7 Å². The van der Waals surface area contributed by atoms with Crippen LogP contribution in [0.1, 0.15) is 17.3 Å². The molecule has 6 heteroatoms. The zero-order valence-corrected chi connectivity index (χ0v) is 14.6. The van der Waals surface area contributed by atoms with Gasteiger partial charge in [0.05, 0.1) is 16.3 Å². The minimum atomic E-state index is -1.05. The highest BCUT2D eigenvalue weighted by Gasteiger charge is 2.20. The summed E-state index contributed by atoms with van der Waals surface area (Å²) in [5.41, 5.74) is 0.592. The van der Waals surface area contributed by atoms with Gasteiger partial charge in [0.1, 0.15) is 5.82 Å². The first-order chi connectivity index (χ1) is 12.4. The standard InChI is InChI=1S/C20H15ClFNO3/c1-12(19(24)23-18-9-8-16(22)11-17(18)21)26-20(25)15-7-6-13-4-2-3-5-14(13)10-15/h2-12H,1H3,(H,23,24)/t12-/m1/s1. The van der Waals surface area contributed by atoms with Crippen LogP contribution in [0, 0.1) is 5.82 Å². The van der Waals surface area contributed by atoms with E-state index >= 15 is 0 Å². The maximum atomic E-state index is 13.0. The molecule has 0 unspecified atom stereocenters. The number of esters is 1. The van der Waals surface area contributed by atoms with E-state index in [1.807, 2.05) is 30.3 Å². The fourth-order valence-corrected chi connectivity index (χ4v) is 2.64. The average Bonchev–Trinajstić information content (AvgIpc) is 2.63. The van der Waals surface area contributed by atoms with E-state index in [4.69, 9.17) is 16.3 Å². The van der Waals surface area contributed by atoms with Crippen molar-refractivity contribution in [1.82, 2.24) is 0 Å². The summed E-state index contributed by atoms with van der Waals surface area (Å²) < 4.78 is 18.3. The van der Waals surface area contributed by atoms with Crippen molar-refractivity contribution in [3.8, 4) is 0 Å². The number of nitrogens with one attached hydrogen (secondary N) is 1. The molecule has 0 saturated carbocycles. The topological polar surface area (TPSA) is 55.4 Å². The molecular formula is C20H15ClFNO3. The zero-order chi connectivity index (χ0) is 18.7. The Kier molecular flexibility index (Phi) is 5.19. The molecule has 1 N–H and O–H groups in total. The first-order valence-electron chi connectivity index (χ1n) is 7.90. The van der Waals surface area contributed by atoms with Gasteiger partial charge in [0.15, 0.2) is 6.10 Å². The number of carbonyl (C=O) groups is 2. The number of halogens is 2. The Morgan fingerprint density at radius 2 is 1.77 bits per heavy atom. The van der Waals surface area contributed by atoms with Crippen LogP contribution in [0.25, 0.3) is 10.8 Å². The fraction of sp³-hybridized carbons (Fsp3) is 0.100. The Balaban J connectivity index is 1.68. The molecule has 0 radical (unpaired) electrons. The maximum absolute atomic E-state index is 13.0. The highest BCUT2D eigenvalue weighted by molar-refractivity contribution is 6.33. The third-order valence-electron chi connectivity index (χ3n) is 3.83. The Labute approximate surface area is 154 Å². The molecule has 0 fully saturated rings. The summed E-state index contributed by atoms with van der Waals surface area (Å²) in [4.78, 5) is 24.5. The Hall–Kier alpha value is -2.92. The molecule has 26 heavy (non-hydrogen) atoms. The molecule has 0 spiro atoms.